The first kappa shape index (κ1) is 29.2. The van der Waals surface area contributed by atoms with Gasteiger partial charge in [-0.3, -0.25) is 0 Å². The molecule has 0 aromatic heterocycles. The van der Waals surface area contributed by atoms with Crippen LogP contribution in [0.1, 0.15) is 54.4 Å². The molecule has 0 radical (unpaired) electrons. The summed E-state index contributed by atoms with van der Waals surface area (Å²) in [5.41, 5.74) is 0. The topological polar surface area (TPSA) is 55.4 Å². The molecule has 0 unspecified atom stereocenters. The van der Waals surface area contributed by atoms with Crippen LogP contribution < -0.4 is 0 Å². The number of ether oxygens (including phenoxy) is 6. The summed E-state index contributed by atoms with van der Waals surface area (Å²) in [7, 11) is 7.03. The van der Waals surface area contributed by atoms with Crippen LogP contribution in [-0.2, 0) is 28.4 Å². The van der Waals surface area contributed by atoms with E-state index < -0.39 is 11.9 Å². The summed E-state index contributed by atoms with van der Waals surface area (Å²) in [5.74, 6) is -0.0939. The van der Waals surface area contributed by atoms with Gasteiger partial charge in [0.25, 0.3) is 11.9 Å². The lowest BCUT2D eigenvalue weighted by Gasteiger charge is -2.32. The molecule has 0 N–H and O–H groups in total. The lowest BCUT2D eigenvalue weighted by Crippen LogP contribution is -2.40. The Kier molecular flexibility index (Phi) is 19.7. The molecule has 0 rings (SSSR count). The Labute approximate surface area is 186 Å². The van der Waals surface area contributed by atoms with Gasteiger partial charge in [-0.25, -0.2) is 0 Å². The van der Waals surface area contributed by atoms with Crippen LogP contribution in [0.4, 0.5) is 0 Å². The summed E-state index contributed by atoms with van der Waals surface area (Å²) in [4.78, 5) is 0. The van der Waals surface area contributed by atoms with Crippen molar-refractivity contribution in [2.75, 3.05) is 51.1 Å². The monoisotopic (exact) mass is 478 g/mol. The van der Waals surface area contributed by atoms with Crippen molar-refractivity contribution in [2.45, 2.75) is 66.3 Å². The van der Waals surface area contributed by atoms with Gasteiger partial charge in [0.2, 0.25) is 0 Å². The van der Waals surface area contributed by atoms with Crippen LogP contribution in [0.15, 0.2) is 0 Å². The molecular weight excluding hydrogens is 440 g/mol. The van der Waals surface area contributed by atoms with E-state index in [2.05, 4.69) is 0 Å². The Hall–Kier alpha value is 1.16. The van der Waals surface area contributed by atoms with Crippen LogP contribution in [-0.4, -0.2) is 63.1 Å². The first-order chi connectivity index (χ1) is 13.6. The molecule has 0 aromatic carbocycles. The van der Waals surface area contributed by atoms with E-state index in [-0.39, 0.29) is 0 Å². The molecule has 0 fully saturated rings. The van der Waals surface area contributed by atoms with E-state index in [0.717, 1.165) is 11.5 Å². The van der Waals surface area contributed by atoms with Crippen LogP contribution >= 0.6 is 41.2 Å². The second-order valence-corrected chi connectivity index (χ2v) is 11.5. The van der Waals surface area contributed by atoms with Gasteiger partial charge in [0.15, 0.2) is 0 Å². The molecule has 0 saturated carbocycles. The van der Waals surface area contributed by atoms with Crippen molar-refractivity contribution in [2.24, 2.45) is 0 Å². The zero-order valence-corrected chi connectivity index (χ0v) is 21.4. The highest BCUT2D eigenvalue weighted by Crippen LogP contribution is 2.44. The molecule has 170 valence electrons. The molecular formula is C18H38O6S4. The molecule has 0 aliphatic rings. The largest absolute Gasteiger partial charge is 0.328 e. The quantitative estimate of drug-likeness (QED) is 0.112. The lowest BCUT2D eigenvalue weighted by atomic mass is 10.4. The maximum absolute atomic E-state index is 5.74. The van der Waals surface area contributed by atoms with E-state index in [0.29, 0.717) is 52.5 Å². The number of hydrogen-bond donors (Lipinski definition) is 0. The highest BCUT2D eigenvalue weighted by molar-refractivity contribution is 9.26. The molecule has 0 bridgehead atoms. The van der Waals surface area contributed by atoms with Gasteiger partial charge >= 0.3 is 0 Å². The molecule has 0 saturated heterocycles. The molecule has 0 spiro atoms. The zero-order chi connectivity index (χ0) is 21.1. The third-order valence-electron chi connectivity index (χ3n) is 3.29. The van der Waals surface area contributed by atoms with Crippen molar-refractivity contribution in [1.82, 2.24) is 0 Å². The highest BCUT2D eigenvalue weighted by Gasteiger charge is 2.33. The third-order valence-corrected chi connectivity index (χ3v) is 9.76. The average molecular weight is 479 g/mol. The summed E-state index contributed by atoms with van der Waals surface area (Å²) in [6.07, 6.45) is 1.38. The van der Waals surface area contributed by atoms with Crippen molar-refractivity contribution in [3.8, 4) is 0 Å². The Morgan fingerprint density at radius 3 is 0.929 bits per heavy atom. The van der Waals surface area contributed by atoms with Crippen LogP contribution in [0.3, 0.4) is 0 Å². The molecule has 0 amide bonds. The Balaban J connectivity index is 4.14. The van der Waals surface area contributed by atoms with E-state index in [9.17, 15) is 0 Å². The van der Waals surface area contributed by atoms with Crippen molar-refractivity contribution in [1.29, 1.82) is 0 Å². The molecule has 6 nitrogen and oxygen atoms in total. The molecule has 0 aromatic rings. The first-order valence-corrected chi connectivity index (χ1v) is 15.1. The zero-order valence-electron chi connectivity index (χ0n) is 18.2. The van der Waals surface area contributed by atoms with Crippen LogP contribution in [0.25, 0.3) is 0 Å². The Bertz CT molecular complexity index is 286. The van der Waals surface area contributed by atoms with Crippen molar-refractivity contribution in [3.05, 3.63) is 0 Å². The fourth-order valence-corrected chi connectivity index (χ4v) is 8.52. The van der Waals surface area contributed by atoms with Gasteiger partial charge < -0.3 is 28.4 Å². The minimum Gasteiger partial charge on any atom is -0.328 e. The standard InChI is InChI=1S/C18H38O6S4/c1-7-19-17(20-8-2,21-9-3)13-15-25-27-28-26-16-14-18(22-10-4,23-11-5)24-12-6/h7-16H2,1-6H3. The van der Waals surface area contributed by atoms with Crippen LogP contribution in [0, 0.1) is 0 Å². The summed E-state index contributed by atoms with van der Waals surface area (Å²) < 4.78 is 34.4. The summed E-state index contributed by atoms with van der Waals surface area (Å²) in [6.45, 7) is 15.1. The van der Waals surface area contributed by atoms with Crippen molar-refractivity contribution in [3.63, 3.8) is 0 Å². The van der Waals surface area contributed by atoms with Gasteiger partial charge in [-0.15, -0.1) is 0 Å². The van der Waals surface area contributed by atoms with Gasteiger partial charge in [-0.2, -0.15) is 0 Å². The molecule has 0 aliphatic heterocycles. The van der Waals surface area contributed by atoms with E-state index in [1.807, 2.05) is 41.5 Å². The van der Waals surface area contributed by atoms with Crippen LogP contribution in [0.5, 0.6) is 0 Å². The molecule has 0 aliphatic carbocycles. The van der Waals surface area contributed by atoms with E-state index in [1.54, 1.807) is 41.2 Å². The molecule has 0 heterocycles. The number of rotatable bonds is 21. The number of hydrogen-bond acceptors (Lipinski definition) is 10. The van der Waals surface area contributed by atoms with Gasteiger partial charge in [0.05, 0.1) is 0 Å². The second-order valence-electron chi connectivity index (χ2n) is 5.24. The SMILES string of the molecule is CCOC(CCSSSSCCC(OCC)(OCC)OCC)(OCC)OCC. The summed E-state index contributed by atoms with van der Waals surface area (Å²) >= 11 is 0. The first-order valence-electron chi connectivity index (χ1n) is 9.98. The van der Waals surface area contributed by atoms with Crippen molar-refractivity contribution >= 4 is 41.2 Å². The van der Waals surface area contributed by atoms with Gasteiger partial charge in [0, 0.05) is 64.0 Å². The third kappa shape index (κ3) is 12.8. The predicted octanol–water partition coefficient (Wildman–Crippen LogP) is 5.97. The van der Waals surface area contributed by atoms with E-state index >= 15 is 0 Å². The summed E-state index contributed by atoms with van der Waals surface area (Å²) in [6, 6.07) is 0. The van der Waals surface area contributed by atoms with E-state index in [1.165, 1.54) is 0 Å². The maximum Gasteiger partial charge on any atom is 0.283 e. The molecule has 0 atom stereocenters. The fourth-order valence-electron chi connectivity index (χ4n) is 2.44. The van der Waals surface area contributed by atoms with Gasteiger partial charge in [-0.05, 0) is 61.2 Å². The highest BCUT2D eigenvalue weighted by atomic mass is 33.7. The normalized spacial score (nSPS) is 12.6. The van der Waals surface area contributed by atoms with Gasteiger partial charge in [0.1, 0.15) is 0 Å². The minimum atomic E-state index is -0.921. The predicted molar refractivity (Wildman–Crippen MR) is 125 cm³/mol. The second kappa shape index (κ2) is 18.9. The smallest absolute Gasteiger partial charge is 0.283 e. The average Bonchev–Trinajstić information content (AvgIpc) is 2.65. The minimum absolute atomic E-state index is 0.559. The summed E-state index contributed by atoms with van der Waals surface area (Å²) in [5, 5.41) is 0. The lowest BCUT2D eigenvalue weighted by molar-refractivity contribution is -0.377. The maximum atomic E-state index is 5.74. The Morgan fingerprint density at radius 2 is 0.714 bits per heavy atom. The molecule has 10 heteroatoms. The fraction of sp³-hybridized carbons (Fsp3) is 1.00. The van der Waals surface area contributed by atoms with Gasteiger partial charge in [-0.1, -0.05) is 21.6 Å². The van der Waals surface area contributed by atoms with Crippen LogP contribution in [0.2, 0.25) is 0 Å². The van der Waals surface area contributed by atoms with Crippen molar-refractivity contribution < 1.29 is 28.4 Å². The molecule has 28 heavy (non-hydrogen) atoms. The Morgan fingerprint density at radius 1 is 0.464 bits per heavy atom. The van der Waals surface area contributed by atoms with E-state index in [4.69, 9.17) is 28.4 Å².